The molecule has 1 aromatic heterocycles. The minimum Gasteiger partial charge on any atom is -0.394 e. The van der Waals surface area contributed by atoms with Crippen LogP contribution in [0.25, 0.3) is 10.9 Å². The summed E-state index contributed by atoms with van der Waals surface area (Å²) >= 11 is 0. The third-order valence-electron chi connectivity index (χ3n) is 4.31. The molecule has 4 nitrogen and oxygen atoms in total. The number of H-pyrrole nitrogens is 1. The van der Waals surface area contributed by atoms with Crippen LogP contribution in [0, 0.1) is 0 Å². The Bertz CT molecular complexity index is 612. The summed E-state index contributed by atoms with van der Waals surface area (Å²) < 4.78 is 0. The van der Waals surface area contributed by atoms with Crippen LogP contribution in [-0.4, -0.2) is 28.1 Å². The van der Waals surface area contributed by atoms with Gasteiger partial charge in [-0.1, -0.05) is 19.3 Å². The number of aliphatic hydroxyl groups is 1. The molecule has 1 saturated carbocycles. The lowest BCUT2D eigenvalue weighted by molar-refractivity contribution is 0.0759. The molecule has 0 bridgehead atoms. The number of aromatic nitrogens is 1. The average molecular weight is 272 g/mol. The van der Waals surface area contributed by atoms with Crippen molar-refractivity contribution in [2.75, 3.05) is 6.61 Å². The molecule has 0 spiro atoms. The van der Waals surface area contributed by atoms with Crippen LogP contribution in [0.5, 0.6) is 0 Å². The Labute approximate surface area is 118 Å². The predicted molar refractivity (Wildman–Crippen MR) is 78.7 cm³/mol. The second kappa shape index (κ2) is 5.29. The lowest BCUT2D eigenvalue weighted by Gasteiger charge is -2.36. The second-order valence-electron chi connectivity index (χ2n) is 5.73. The quantitative estimate of drug-likeness (QED) is 0.804. The van der Waals surface area contributed by atoms with Gasteiger partial charge in [-0.25, -0.2) is 0 Å². The van der Waals surface area contributed by atoms with Gasteiger partial charge in [0.1, 0.15) is 0 Å². The molecule has 0 unspecified atom stereocenters. The Hall–Kier alpha value is -1.81. The maximum Gasteiger partial charge on any atom is 0.251 e. The summed E-state index contributed by atoms with van der Waals surface area (Å²) in [5.74, 6) is -0.0935. The Balaban J connectivity index is 1.80. The van der Waals surface area contributed by atoms with Gasteiger partial charge in [0.2, 0.25) is 0 Å². The van der Waals surface area contributed by atoms with Crippen molar-refractivity contribution in [3.05, 3.63) is 36.0 Å². The smallest absolute Gasteiger partial charge is 0.251 e. The number of carbonyl (C=O) groups is 1. The number of fused-ring (bicyclic) bond motifs is 1. The van der Waals surface area contributed by atoms with Crippen LogP contribution >= 0.6 is 0 Å². The summed E-state index contributed by atoms with van der Waals surface area (Å²) in [7, 11) is 0. The minimum absolute atomic E-state index is 0.0190. The average Bonchev–Trinajstić information content (AvgIpc) is 2.95. The van der Waals surface area contributed by atoms with E-state index < -0.39 is 5.54 Å². The zero-order valence-electron chi connectivity index (χ0n) is 11.5. The first-order valence-corrected chi connectivity index (χ1v) is 7.23. The number of carbonyl (C=O) groups excluding carboxylic acids is 1. The highest BCUT2D eigenvalue weighted by Crippen LogP contribution is 2.28. The molecule has 1 aliphatic carbocycles. The molecule has 3 rings (SSSR count). The summed E-state index contributed by atoms with van der Waals surface area (Å²) in [5.41, 5.74) is 1.24. The maximum atomic E-state index is 12.4. The molecule has 0 saturated heterocycles. The first-order chi connectivity index (χ1) is 9.72. The molecule has 1 amide bonds. The summed E-state index contributed by atoms with van der Waals surface area (Å²) in [6.07, 6.45) is 6.91. The number of hydrogen-bond acceptors (Lipinski definition) is 2. The molecule has 1 aromatic carbocycles. The van der Waals surface area contributed by atoms with E-state index in [0.29, 0.717) is 5.56 Å². The van der Waals surface area contributed by atoms with Gasteiger partial charge in [-0.05, 0) is 37.1 Å². The fourth-order valence-corrected chi connectivity index (χ4v) is 3.06. The highest BCUT2D eigenvalue weighted by atomic mass is 16.3. The van der Waals surface area contributed by atoms with Crippen molar-refractivity contribution >= 4 is 16.8 Å². The fourth-order valence-electron chi connectivity index (χ4n) is 3.06. The number of hydrogen-bond donors (Lipinski definition) is 3. The lowest BCUT2D eigenvalue weighted by Crippen LogP contribution is -2.52. The van der Waals surface area contributed by atoms with Gasteiger partial charge in [0, 0.05) is 22.7 Å². The van der Waals surface area contributed by atoms with Gasteiger partial charge >= 0.3 is 0 Å². The van der Waals surface area contributed by atoms with Crippen LogP contribution in [-0.2, 0) is 0 Å². The van der Waals surface area contributed by atoms with Gasteiger partial charge in [-0.15, -0.1) is 0 Å². The van der Waals surface area contributed by atoms with Crippen LogP contribution in [0.2, 0.25) is 0 Å². The molecule has 0 atom stereocenters. The van der Waals surface area contributed by atoms with E-state index in [9.17, 15) is 9.90 Å². The van der Waals surface area contributed by atoms with Crippen LogP contribution in [0.1, 0.15) is 42.5 Å². The van der Waals surface area contributed by atoms with E-state index in [0.717, 1.165) is 36.6 Å². The number of nitrogens with one attached hydrogen (secondary N) is 2. The zero-order chi connectivity index (χ0) is 14.0. The third-order valence-corrected chi connectivity index (χ3v) is 4.31. The van der Waals surface area contributed by atoms with Gasteiger partial charge in [-0.2, -0.15) is 0 Å². The molecule has 1 fully saturated rings. The summed E-state index contributed by atoms with van der Waals surface area (Å²) in [5, 5.41) is 13.7. The topological polar surface area (TPSA) is 65.1 Å². The molecule has 3 N–H and O–H groups in total. The zero-order valence-corrected chi connectivity index (χ0v) is 11.5. The predicted octanol–water partition coefficient (Wildman–Crippen LogP) is 2.59. The molecule has 20 heavy (non-hydrogen) atoms. The molecule has 4 heteroatoms. The summed E-state index contributed by atoms with van der Waals surface area (Å²) in [6, 6.07) is 7.57. The number of rotatable bonds is 3. The monoisotopic (exact) mass is 272 g/mol. The SMILES string of the molecule is O=C(NC1(CO)CCCCC1)c1ccc2[nH]ccc2c1. The summed E-state index contributed by atoms with van der Waals surface area (Å²) in [6.45, 7) is 0.0190. The van der Waals surface area contributed by atoms with Crippen molar-refractivity contribution in [2.45, 2.75) is 37.6 Å². The van der Waals surface area contributed by atoms with E-state index in [-0.39, 0.29) is 12.5 Å². The molecule has 0 aliphatic heterocycles. The molecule has 1 aliphatic rings. The van der Waals surface area contributed by atoms with E-state index in [1.165, 1.54) is 6.42 Å². The Morgan fingerprint density at radius 3 is 2.80 bits per heavy atom. The van der Waals surface area contributed by atoms with Crippen LogP contribution in [0.15, 0.2) is 30.5 Å². The summed E-state index contributed by atoms with van der Waals surface area (Å²) in [4.78, 5) is 15.5. The maximum absolute atomic E-state index is 12.4. The number of aliphatic hydroxyl groups excluding tert-OH is 1. The number of aromatic amines is 1. The third kappa shape index (κ3) is 2.43. The minimum atomic E-state index is -0.428. The number of amides is 1. The van der Waals surface area contributed by atoms with Crippen molar-refractivity contribution in [1.29, 1.82) is 0 Å². The van der Waals surface area contributed by atoms with Gasteiger partial charge in [0.25, 0.3) is 5.91 Å². The van der Waals surface area contributed by atoms with E-state index in [2.05, 4.69) is 10.3 Å². The molecule has 0 radical (unpaired) electrons. The van der Waals surface area contributed by atoms with Crippen LogP contribution in [0.3, 0.4) is 0 Å². The fraction of sp³-hybridized carbons (Fsp3) is 0.438. The Morgan fingerprint density at radius 2 is 2.05 bits per heavy atom. The lowest BCUT2D eigenvalue weighted by atomic mass is 9.82. The largest absolute Gasteiger partial charge is 0.394 e. The van der Waals surface area contributed by atoms with E-state index in [1.54, 1.807) is 0 Å². The molecule has 1 heterocycles. The van der Waals surface area contributed by atoms with Gasteiger partial charge in [0.15, 0.2) is 0 Å². The van der Waals surface area contributed by atoms with Gasteiger partial charge < -0.3 is 15.4 Å². The van der Waals surface area contributed by atoms with E-state index >= 15 is 0 Å². The molecule has 2 aromatic rings. The first-order valence-electron chi connectivity index (χ1n) is 7.23. The normalized spacial score (nSPS) is 18.1. The van der Waals surface area contributed by atoms with Gasteiger partial charge in [0.05, 0.1) is 12.1 Å². The second-order valence-corrected chi connectivity index (χ2v) is 5.73. The molecule has 106 valence electrons. The Morgan fingerprint density at radius 1 is 1.25 bits per heavy atom. The number of benzene rings is 1. The van der Waals surface area contributed by atoms with Gasteiger partial charge in [-0.3, -0.25) is 4.79 Å². The standard InChI is InChI=1S/C16H20N2O2/c19-11-16(7-2-1-3-8-16)18-15(20)13-4-5-14-12(10-13)6-9-17-14/h4-6,9-10,17,19H,1-3,7-8,11H2,(H,18,20). The van der Waals surface area contributed by atoms with Crippen molar-refractivity contribution in [1.82, 2.24) is 10.3 Å². The van der Waals surface area contributed by atoms with Crippen molar-refractivity contribution in [3.8, 4) is 0 Å². The Kier molecular flexibility index (Phi) is 3.49. The van der Waals surface area contributed by atoms with Crippen LogP contribution < -0.4 is 5.32 Å². The van der Waals surface area contributed by atoms with Crippen molar-refractivity contribution in [3.63, 3.8) is 0 Å². The van der Waals surface area contributed by atoms with E-state index in [4.69, 9.17) is 0 Å². The first kappa shape index (κ1) is 13.2. The van der Waals surface area contributed by atoms with Crippen molar-refractivity contribution < 1.29 is 9.90 Å². The van der Waals surface area contributed by atoms with Crippen molar-refractivity contribution in [2.24, 2.45) is 0 Å². The van der Waals surface area contributed by atoms with E-state index in [1.807, 2.05) is 30.5 Å². The highest BCUT2D eigenvalue weighted by Gasteiger charge is 2.33. The van der Waals surface area contributed by atoms with Crippen LogP contribution in [0.4, 0.5) is 0 Å². The highest BCUT2D eigenvalue weighted by molar-refractivity contribution is 5.98. The molecular formula is C16H20N2O2. The molecular weight excluding hydrogens is 252 g/mol.